The van der Waals surface area contributed by atoms with Crippen molar-refractivity contribution >= 4 is 28.1 Å². The molecule has 4 aliphatic rings. The fourth-order valence-corrected chi connectivity index (χ4v) is 5.55. The van der Waals surface area contributed by atoms with E-state index >= 15 is 0 Å². The number of nitrogens with zero attached hydrogens (tertiary/aromatic N) is 4. The lowest BCUT2D eigenvalue weighted by Crippen LogP contribution is -2.25. The van der Waals surface area contributed by atoms with Gasteiger partial charge in [-0.05, 0) is 80.7 Å². The predicted octanol–water partition coefficient (Wildman–Crippen LogP) is 6.63. The molecule has 0 unspecified atom stereocenters. The third-order valence-electron chi connectivity index (χ3n) is 7.59. The molecule has 1 aromatic heterocycles. The Balaban J connectivity index is 1.57. The van der Waals surface area contributed by atoms with Gasteiger partial charge >= 0.3 is 0 Å². The van der Waals surface area contributed by atoms with Gasteiger partial charge in [0.15, 0.2) is 0 Å². The molecule has 200 valence electrons. The maximum atomic E-state index is 13.9. The highest BCUT2D eigenvalue weighted by molar-refractivity contribution is 5.86. The van der Waals surface area contributed by atoms with Gasteiger partial charge in [0.1, 0.15) is 11.5 Å². The van der Waals surface area contributed by atoms with Crippen LogP contribution in [-0.2, 0) is 4.74 Å². The number of nitrogens with one attached hydrogen (secondary N) is 1. The molecular formula is C31H32FN5O2. The van der Waals surface area contributed by atoms with Crippen molar-refractivity contribution in [2.75, 3.05) is 19.5 Å². The molecule has 6 rings (SSSR count). The van der Waals surface area contributed by atoms with Crippen molar-refractivity contribution in [3.63, 3.8) is 0 Å². The molecule has 0 atom stereocenters. The summed E-state index contributed by atoms with van der Waals surface area (Å²) in [4.78, 5) is 14.6. The van der Waals surface area contributed by atoms with Gasteiger partial charge in [-0.15, -0.1) is 0 Å². The molecule has 1 aromatic carbocycles. The van der Waals surface area contributed by atoms with Crippen LogP contribution in [0.1, 0.15) is 38.5 Å². The third-order valence-corrected chi connectivity index (χ3v) is 7.59. The van der Waals surface area contributed by atoms with Crippen LogP contribution in [0.2, 0.25) is 0 Å². The Bertz CT molecular complexity index is 1600. The summed E-state index contributed by atoms with van der Waals surface area (Å²) in [5.74, 6) is 0.410. The first kappa shape index (κ1) is 25.2. The summed E-state index contributed by atoms with van der Waals surface area (Å²) in [7, 11) is 3.39. The van der Waals surface area contributed by atoms with Gasteiger partial charge in [0.05, 0.1) is 52.7 Å². The number of pyridine rings is 1. The maximum Gasteiger partial charge on any atom is 0.237 e. The van der Waals surface area contributed by atoms with Crippen LogP contribution in [0.4, 0.5) is 15.8 Å². The molecule has 1 aliphatic heterocycles. The van der Waals surface area contributed by atoms with Crippen molar-refractivity contribution in [1.29, 1.82) is 0 Å². The zero-order chi connectivity index (χ0) is 26.8. The number of anilines is 2. The summed E-state index contributed by atoms with van der Waals surface area (Å²) in [5.41, 5.74) is 6.21. The predicted molar refractivity (Wildman–Crippen MR) is 152 cm³/mol. The van der Waals surface area contributed by atoms with Gasteiger partial charge in [-0.3, -0.25) is 4.99 Å². The van der Waals surface area contributed by atoms with Crippen LogP contribution in [0.25, 0.3) is 28.1 Å². The second kappa shape index (κ2) is 11.0. The van der Waals surface area contributed by atoms with Crippen LogP contribution < -0.4 is 15.4 Å². The molecule has 1 N–H and O–H groups in total. The van der Waals surface area contributed by atoms with Gasteiger partial charge in [-0.1, -0.05) is 12.1 Å². The van der Waals surface area contributed by atoms with Crippen LogP contribution in [0.3, 0.4) is 0 Å². The van der Waals surface area contributed by atoms with E-state index in [-0.39, 0.29) is 11.9 Å². The van der Waals surface area contributed by atoms with E-state index in [1.54, 1.807) is 26.5 Å². The van der Waals surface area contributed by atoms with E-state index in [1.807, 2.05) is 42.5 Å². The first-order chi connectivity index (χ1) is 19.1. The van der Waals surface area contributed by atoms with E-state index in [4.69, 9.17) is 19.5 Å². The van der Waals surface area contributed by atoms with Gasteiger partial charge in [0.25, 0.3) is 0 Å². The Morgan fingerprint density at radius 1 is 0.974 bits per heavy atom. The number of rotatable bonds is 6. The largest absolute Gasteiger partial charge is 0.480 e. The minimum atomic E-state index is -0.0960. The average Bonchev–Trinajstić information content (AvgIpc) is 2.97. The Hall–Kier alpha value is -4.04. The van der Waals surface area contributed by atoms with E-state index in [0.717, 1.165) is 70.5 Å². The average molecular weight is 526 g/mol. The summed E-state index contributed by atoms with van der Waals surface area (Å²) in [6, 6.07) is 16.2. The second-order valence-electron chi connectivity index (χ2n) is 10.0. The highest BCUT2D eigenvalue weighted by atomic mass is 19.1. The number of para-hydroxylation sites is 2. The number of hydrogen-bond acceptors (Lipinski definition) is 6. The van der Waals surface area contributed by atoms with Crippen molar-refractivity contribution < 1.29 is 13.9 Å². The van der Waals surface area contributed by atoms with Crippen molar-refractivity contribution in [1.82, 2.24) is 14.5 Å². The standard InChI is InChI=1S/C31H32FN5O2/c1-38-23-15-11-21(12-16-23)34-27-19-30-28(18-26(27)36-25-7-5-17-33-31(25)39-2)35-24-6-3-4-8-29(24)37(30)22-13-9-20(32)10-14-22/h3-9,13,17-19,21,23,36H,10-12,14-16H2,1-2H3/b34-27+. The highest BCUT2D eigenvalue weighted by Gasteiger charge is 2.22. The van der Waals surface area contributed by atoms with E-state index < -0.39 is 0 Å². The Morgan fingerprint density at radius 3 is 2.59 bits per heavy atom. The zero-order valence-electron chi connectivity index (χ0n) is 22.2. The fourth-order valence-electron chi connectivity index (χ4n) is 5.55. The summed E-state index contributed by atoms with van der Waals surface area (Å²) in [6.45, 7) is 0. The molecule has 0 spiro atoms. The van der Waals surface area contributed by atoms with Crippen molar-refractivity contribution in [3.8, 4) is 17.3 Å². The quantitative estimate of drug-likeness (QED) is 0.286. The first-order valence-corrected chi connectivity index (χ1v) is 13.5. The molecule has 7 nitrogen and oxygen atoms in total. The molecule has 0 amide bonds. The maximum absolute atomic E-state index is 13.9. The zero-order valence-corrected chi connectivity index (χ0v) is 22.2. The van der Waals surface area contributed by atoms with Crippen LogP contribution in [0.5, 0.6) is 5.88 Å². The number of halogens is 1. The number of benzene rings is 2. The number of ether oxygens (including phenoxy) is 2. The molecule has 2 heterocycles. The number of aromatic nitrogens is 3. The third kappa shape index (κ3) is 5.16. The SMILES string of the molecule is COc1ncccc1Nc1cc2nc3ccccc3n(C3=CC=C(F)CC3)c-2c/c1=N\C1CCC(OC)CC1. The highest BCUT2D eigenvalue weighted by Crippen LogP contribution is 2.34. The number of fused-ring (bicyclic) bond motifs is 2. The van der Waals surface area contributed by atoms with E-state index in [0.29, 0.717) is 24.8 Å². The van der Waals surface area contributed by atoms with Gasteiger partial charge in [0.2, 0.25) is 5.88 Å². The molecule has 3 aliphatic carbocycles. The molecule has 0 bridgehead atoms. The fraction of sp³-hybridized carbons (Fsp3) is 0.323. The second-order valence-corrected chi connectivity index (χ2v) is 10.0. The van der Waals surface area contributed by atoms with Gasteiger partial charge in [0, 0.05) is 25.4 Å². The van der Waals surface area contributed by atoms with E-state index in [1.165, 1.54) is 0 Å². The summed E-state index contributed by atoms with van der Waals surface area (Å²) in [6.07, 6.45) is 10.4. The lowest BCUT2D eigenvalue weighted by molar-refractivity contribution is 0.0663. The van der Waals surface area contributed by atoms with Crippen molar-refractivity contribution in [2.24, 2.45) is 4.99 Å². The van der Waals surface area contributed by atoms with Gasteiger partial charge in [-0.25, -0.2) is 14.4 Å². The lowest BCUT2D eigenvalue weighted by Gasteiger charge is -2.26. The molecule has 0 saturated heterocycles. The number of methoxy groups -OCH3 is 2. The molecular weight excluding hydrogens is 493 g/mol. The number of hydrogen-bond donors (Lipinski definition) is 1. The van der Waals surface area contributed by atoms with Crippen LogP contribution in [0.15, 0.2) is 77.7 Å². The van der Waals surface area contributed by atoms with Gasteiger partial charge < -0.3 is 19.4 Å². The molecule has 0 radical (unpaired) electrons. The molecule has 2 aromatic rings. The van der Waals surface area contributed by atoms with Crippen molar-refractivity contribution in [3.05, 3.63) is 78.1 Å². The number of allylic oxidation sites excluding steroid dienone is 4. The minimum absolute atomic E-state index is 0.0960. The Morgan fingerprint density at radius 2 is 1.82 bits per heavy atom. The molecule has 1 saturated carbocycles. The minimum Gasteiger partial charge on any atom is -0.480 e. The summed E-state index contributed by atoms with van der Waals surface area (Å²) >= 11 is 0. The summed E-state index contributed by atoms with van der Waals surface area (Å²) in [5, 5.41) is 4.36. The van der Waals surface area contributed by atoms with Gasteiger partial charge in [-0.2, -0.15) is 0 Å². The van der Waals surface area contributed by atoms with Crippen LogP contribution in [-0.4, -0.2) is 40.9 Å². The normalized spacial score (nSPS) is 20.1. The monoisotopic (exact) mass is 525 g/mol. The summed E-state index contributed by atoms with van der Waals surface area (Å²) < 4.78 is 27.2. The molecule has 39 heavy (non-hydrogen) atoms. The van der Waals surface area contributed by atoms with Crippen LogP contribution in [0, 0.1) is 0 Å². The Labute approximate surface area is 227 Å². The van der Waals surface area contributed by atoms with E-state index in [2.05, 4.69) is 27.0 Å². The van der Waals surface area contributed by atoms with Crippen molar-refractivity contribution in [2.45, 2.75) is 50.7 Å². The smallest absolute Gasteiger partial charge is 0.237 e. The molecule has 8 heteroatoms. The van der Waals surface area contributed by atoms with E-state index in [9.17, 15) is 4.39 Å². The Kier molecular flexibility index (Phi) is 7.11. The first-order valence-electron chi connectivity index (χ1n) is 13.5. The van der Waals surface area contributed by atoms with Crippen LogP contribution >= 0.6 is 0 Å². The molecule has 1 fully saturated rings. The topological polar surface area (TPSA) is 73.6 Å². The lowest BCUT2D eigenvalue weighted by atomic mass is 9.93.